The molecule has 7 heteroatoms. The molecule has 1 aliphatic heterocycles. The molecule has 1 atom stereocenters. The minimum atomic E-state index is -1.01. The third kappa shape index (κ3) is 3.41. The Bertz CT molecular complexity index is 798. The van der Waals surface area contributed by atoms with E-state index in [0.717, 1.165) is 24.9 Å². The van der Waals surface area contributed by atoms with E-state index >= 15 is 0 Å². The van der Waals surface area contributed by atoms with Crippen molar-refractivity contribution in [2.75, 3.05) is 18.0 Å². The average Bonchev–Trinajstić information content (AvgIpc) is 2.94. The van der Waals surface area contributed by atoms with Gasteiger partial charge in [0.2, 0.25) is 5.28 Å². The van der Waals surface area contributed by atoms with Gasteiger partial charge in [-0.15, -0.1) is 0 Å². The number of aryl methyl sites for hydroxylation is 1. The number of halogens is 1. The van der Waals surface area contributed by atoms with Gasteiger partial charge < -0.3 is 10.4 Å². The Morgan fingerprint density at radius 2 is 2.20 bits per heavy atom. The molecule has 1 amide bonds. The highest BCUT2D eigenvalue weighted by Crippen LogP contribution is 2.37. The number of fused-ring (bicyclic) bond motifs is 1. The molecule has 0 bridgehead atoms. The molecule has 0 saturated carbocycles. The van der Waals surface area contributed by atoms with Crippen LogP contribution in [0.25, 0.3) is 10.9 Å². The average molecular weight is 363 g/mol. The Balaban J connectivity index is 2.22. The zero-order valence-corrected chi connectivity index (χ0v) is 15.5. The van der Waals surface area contributed by atoms with Gasteiger partial charge in [0.15, 0.2) is 5.82 Å². The second kappa shape index (κ2) is 6.77. The van der Waals surface area contributed by atoms with Gasteiger partial charge in [-0.25, -0.2) is 9.78 Å². The van der Waals surface area contributed by atoms with Crippen molar-refractivity contribution in [3.8, 4) is 0 Å². The molecule has 134 valence electrons. The third-order valence-electron chi connectivity index (χ3n) is 4.69. The molecule has 1 aromatic heterocycles. The van der Waals surface area contributed by atoms with E-state index in [2.05, 4.69) is 29.1 Å². The number of nitrogens with zero attached hydrogens (tertiary/aromatic N) is 3. The molecule has 6 nitrogen and oxygen atoms in total. The summed E-state index contributed by atoms with van der Waals surface area (Å²) < 4.78 is 0. The van der Waals surface area contributed by atoms with Crippen LogP contribution < -0.4 is 10.2 Å². The first-order chi connectivity index (χ1) is 11.8. The molecule has 1 aliphatic rings. The Hall–Kier alpha value is -1.92. The summed E-state index contributed by atoms with van der Waals surface area (Å²) in [6, 6.07) is 5.71. The molecule has 2 aromatic rings. The van der Waals surface area contributed by atoms with Gasteiger partial charge in [-0.2, -0.15) is 4.98 Å². The molecular weight excluding hydrogens is 340 g/mol. The van der Waals surface area contributed by atoms with Gasteiger partial charge in [-0.05, 0) is 61.5 Å². The predicted molar refractivity (Wildman–Crippen MR) is 99.5 cm³/mol. The quantitative estimate of drug-likeness (QED) is 0.807. The second-order valence-corrected chi connectivity index (χ2v) is 7.54. The molecule has 0 aliphatic carbocycles. The molecule has 0 spiro atoms. The molecule has 1 fully saturated rings. The summed E-state index contributed by atoms with van der Waals surface area (Å²) in [5.41, 5.74) is 1.16. The first kappa shape index (κ1) is 17.9. The lowest BCUT2D eigenvalue weighted by Gasteiger charge is -2.39. The van der Waals surface area contributed by atoms with Crippen molar-refractivity contribution < 1.29 is 9.90 Å². The Kier molecular flexibility index (Phi) is 4.84. The SMILES string of the molecule is Cc1ccc2c(N(C(=O)O)C3(CC(C)C)CCNC3)nc(Cl)nc2c1. The van der Waals surface area contributed by atoms with Gasteiger partial charge in [-0.3, -0.25) is 4.90 Å². The number of nitrogens with one attached hydrogen (secondary N) is 1. The van der Waals surface area contributed by atoms with Crippen LogP contribution in [0, 0.1) is 12.8 Å². The number of aromatic nitrogens is 2. The smallest absolute Gasteiger partial charge is 0.413 e. The minimum absolute atomic E-state index is 0.0602. The van der Waals surface area contributed by atoms with Crippen molar-refractivity contribution in [3.05, 3.63) is 29.0 Å². The summed E-state index contributed by atoms with van der Waals surface area (Å²) in [5.74, 6) is 0.722. The number of hydrogen-bond acceptors (Lipinski definition) is 4. The van der Waals surface area contributed by atoms with Crippen molar-refractivity contribution in [1.82, 2.24) is 15.3 Å². The molecular formula is C18H23ClN4O2. The van der Waals surface area contributed by atoms with E-state index in [1.165, 1.54) is 4.90 Å². The van der Waals surface area contributed by atoms with Gasteiger partial charge >= 0.3 is 6.09 Å². The van der Waals surface area contributed by atoms with Gasteiger partial charge in [0.1, 0.15) is 0 Å². The topological polar surface area (TPSA) is 78.4 Å². The lowest BCUT2D eigenvalue weighted by Crippen LogP contribution is -2.54. The Morgan fingerprint density at radius 1 is 1.44 bits per heavy atom. The predicted octanol–water partition coefficient (Wildman–Crippen LogP) is 3.85. The number of carbonyl (C=O) groups is 1. The van der Waals surface area contributed by atoms with E-state index < -0.39 is 11.6 Å². The zero-order valence-electron chi connectivity index (χ0n) is 14.7. The van der Waals surface area contributed by atoms with E-state index in [4.69, 9.17) is 11.6 Å². The number of rotatable bonds is 4. The summed E-state index contributed by atoms with van der Waals surface area (Å²) in [7, 11) is 0. The van der Waals surface area contributed by atoms with Crippen molar-refractivity contribution >= 4 is 34.4 Å². The standard InChI is InChI=1S/C18H23ClN4O2/c1-11(2)9-18(6-7-20-10-18)23(17(24)25)15-13-5-4-12(3)8-14(13)21-16(19)22-15/h4-5,8,11,20H,6-7,9-10H2,1-3H3,(H,24,25). The van der Waals surface area contributed by atoms with Crippen LogP contribution in [-0.4, -0.2) is 39.8 Å². The highest BCUT2D eigenvalue weighted by molar-refractivity contribution is 6.29. The minimum Gasteiger partial charge on any atom is -0.465 e. The van der Waals surface area contributed by atoms with E-state index in [1.54, 1.807) is 0 Å². The van der Waals surface area contributed by atoms with Crippen LogP contribution in [0.1, 0.15) is 32.3 Å². The summed E-state index contributed by atoms with van der Waals surface area (Å²) in [6.07, 6.45) is 0.481. The van der Waals surface area contributed by atoms with Crippen molar-refractivity contribution in [1.29, 1.82) is 0 Å². The molecule has 2 N–H and O–H groups in total. The lowest BCUT2D eigenvalue weighted by atomic mass is 9.86. The highest BCUT2D eigenvalue weighted by Gasteiger charge is 2.45. The van der Waals surface area contributed by atoms with Gasteiger partial charge in [-0.1, -0.05) is 19.9 Å². The van der Waals surface area contributed by atoms with Crippen LogP contribution in [0.15, 0.2) is 18.2 Å². The Morgan fingerprint density at radius 3 is 2.80 bits per heavy atom. The Labute approximate surface area is 152 Å². The largest absolute Gasteiger partial charge is 0.465 e. The van der Waals surface area contributed by atoms with E-state index in [9.17, 15) is 9.90 Å². The first-order valence-corrected chi connectivity index (χ1v) is 8.88. The van der Waals surface area contributed by atoms with Gasteiger partial charge in [0.25, 0.3) is 0 Å². The molecule has 1 aromatic carbocycles. The van der Waals surface area contributed by atoms with Crippen LogP contribution in [-0.2, 0) is 0 Å². The van der Waals surface area contributed by atoms with Crippen molar-refractivity contribution in [2.24, 2.45) is 5.92 Å². The second-order valence-electron chi connectivity index (χ2n) is 7.20. The number of benzene rings is 1. The normalized spacial score (nSPS) is 20.4. The van der Waals surface area contributed by atoms with Crippen LogP contribution >= 0.6 is 11.6 Å². The van der Waals surface area contributed by atoms with E-state index in [-0.39, 0.29) is 5.28 Å². The molecule has 3 rings (SSSR count). The van der Waals surface area contributed by atoms with Gasteiger partial charge in [0, 0.05) is 11.9 Å². The first-order valence-electron chi connectivity index (χ1n) is 8.50. The highest BCUT2D eigenvalue weighted by atomic mass is 35.5. The summed E-state index contributed by atoms with van der Waals surface area (Å²) in [5, 5.41) is 14.1. The van der Waals surface area contributed by atoms with Crippen LogP contribution in [0.5, 0.6) is 0 Å². The fraction of sp³-hybridized carbons (Fsp3) is 0.500. The maximum absolute atomic E-state index is 12.3. The van der Waals surface area contributed by atoms with Crippen LogP contribution in [0.2, 0.25) is 5.28 Å². The molecule has 1 saturated heterocycles. The fourth-order valence-electron chi connectivity index (χ4n) is 3.83. The van der Waals surface area contributed by atoms with Gasteiger partial charge in [0.05, 0.1) is 11.1 Å². The number of carboxylic acid groups (broad SMARTS) is 1. The summed E-state index contributed by atoms with van der Waals surface area (Å²) in [4.78, 5) is 22.3. The molecule has 1 unspecified atom stereocenters. The van der Waals surface area contributed by atoms with Crippen LogP contribution in [0.4, 0.5) is 10.6 Å². The fourth-order valence-corrected chi connectivity index (χ4v) is 4.00. The summed E-state index contributed by atoms with van der Waals surface area (Å²) in [6.45, 7) is 7.56. The molecule has 0 radical (unpaired) electrons. The third-order valence-corrected chi connectivity index (χ3v) is 4.86. The lowest BCUT2D eigenvalue weighted by molar-refractivity contribution is 0.189. The maximum Gasteiger partial charge on any atom is 0.413 e. The zero-order chi connectivity index (χ0) is 18.2. The van der Waals surface area contributed by atoms with E-state index in [1.807, 2.05) is 25.1 Å². The summed E-state index contributed by atoms with van der Waals surface area (Å²) >= 11 is 6.13. The molecule has 25 heavy (non-hydrogen) atoms. The van der Waals surface area contributed by atoms with Crippen molar-refractivity contribution in [2.45, 2.75) is 39.2 Å². The van der Waals surface area contributed by atoms with Crippen molar-refractivity contribution in [3.63, 3.8) is 0 Å². The number of hydrogen-bond donors (Lipinski definition) is 2. The molecule has 2 heterocycles. The monoisotopic (exact) mass is 362 g/mol. The number of anilines is 1. The van der Waals surface area contributed by atoms with Crippen LogP contribution in [0.3, 0.4) is 0 Å². The maximum atomic E-state index is 12.3. The van der Waals surface area contributed by atoms with E-state index in [0.29, 0.717) is 29.2 Å². The number of amides is 1.